The van der Waals surface area contributed by atoms with E-state index in [1.54, 1.807) is 31.4 Å². The first kappa shape index (κ1) is 16.2. The van der Waals surface area contributed by atoms with E-state index in [0.717, 1.165) is 31.7 Å². The Bertz CT molecular complexity index is 560. The maximum atomic E-state index is 12.9. The number of hydrogen-bond donors (Lipinski definition) is 0. The Morgan fingerprint density at radius 1 is 1.04 bits per heavy atom. The van der Waals surface area contributed by atoms with Gasteiger partial charge in [0.05, 0.1) is 19.1 Å². The summed E-state index contributed by atoms with van der Waals surface area (Å²) in [5.74, 6) is 0.366. The van der Waals surface area contributed by atoms with E-state index < -0.39 is 5.92 Å². The number of rotatable bonds is 4. The normalized spacial score (nSPS) is 26.0. The molecule has 0 radical (unpaired) electrons. The molecule has 0 amide bonds. The van der Waals surface area contributed by atoms with E-state index in [4.69, 9.17) is 4.74 Å². The predicted molar refractivity (Wildman–Crippen MR) is 88.9 cm³/mol. The Morgan fingerprint density at radius 2 is 1.74 bits per heavy atom. The van der Waals surface area contributed by atoms with Gasteiger partial charge in [-0.2, -0.15) is 0 Å². The van der Waals surface area contributed by atoms with Crippen molar-refractivity contribution in [2.45, 2.75) is 44.6 Å². The van der Waals surface area contributed by atoms with Crippen molar-refractivity contribution in [2.24, 2.45) is 5.92 Å². The predicted octanol–water partition coefficient (Wildman–Crippen LogP) is 3.10. The maximum absolute atomic E-state index is 12.9. The second-order valence-corrected chi connectivity index (χ2v) is 6.59. The third kappa shape index (κ3) is 3.47. The first-order valence-corrected chi connectivity index (χ1v) is 8.67. The molecule has 0 N–H and O–H groups in total. The Labute approximate surface area is 137 Å². The summed E-state index contributed by atoms with van der Waals surface area (Å²) in [6.45, 7) is 2.00. The Kier molecular flexibility index (Phi) is 5.11. The number of ketones is 2. The van der Waals surface area contributed by atoms with Gasteiger partial charge in [-0.1, -0.05) is 12.8 Å². The molecule has 1 aromatic carbocycles. The molecular weight excluding hydrogens is 290 g/mol. The zero-order chi connectivity index (χ0) is 16.2. The number of hydrogen-bond acceptors (Lipinski definition) is 4. The van der Waals surface area contributed by atoms with Gasteiger partial charge in [0.25, 0.3) is 0 Å². The second kappa shape index (κ2) is 7.26. The summed E-state index contributed by atoms with van der Waals surface area (Å²) in [4.78, 5) is 27.9. The average Bonchev–Trinajstić information content (AvgIpc) is 2.62. The summed E-state index contributed by atoms with van der Waals surface area (Å²) in [5.41, 5.74) is 0.614. The first-order valence-electron chi connectivity index (χ1n) is 8.67. The van der Waals surface area contributed by atoms with Gasteiger partial charge in [-0.05, 0) is 63.0 Å². The zero-order valence-electron chi connectivity index (χ0n) is 13.8. The van der Waals surface area contributed by atoms with Crippen molar-refractivity contribution < 1.29 is 14.3 Å². The van der Waals surface area contributed by atoms with Crippen LogP contribution in [0.5, 0.6) is 5.75 Å². The number of piperidine rings is 1. The van der Waals surface area contributed by atoms with Gasteiger partial charge in [0.1, 0.15) is 5.75 Å². The van der Waals surface area contributed by atoms with E-state index in [1.807, 2.05) is 0 Å². The van der Waals surface area contributed by atoms with Crippen LogP contribution < -0.4 is 4.74 Å². The van der Waals surface area contributed by atoms with Crippen molar-refractivity contribution in [3.63, 3.8) is 0 Å². The molecule has 4 heteroatoms. The highest BCUT2D eigenvalue weighted by Crippen LogP contribution is 2.29. The molecule has 1 saturated carbocycles. The van der Waals surface area contributed by atoms with E-state index in [0.29, 0.717) is 12.0 Å². The highest BCUT2D eigenvalue weighted by Gasteiger charge is 2.39. The molecule has 0 bridgehead atoms. The lowest BCUT2D eigenvalue weighted by Crippen LogP contribution is -2.49. The molecule has 4 nitrogen and oxygen atoms in total. The number of methoxy groups -OCH3 is 1. The summed E-state index contributed by atoms with van der Waals surface area (Å²) in [6.07, 6.45) is 6.14. The largest absolute Gasteiger partial charge is 0.497 e. The van der Waals surface area contributed by atoms with Crippen LogP contribution in [0.4, 0.5) is 0 Å². The molecule has 2 aliphatic rings. The van der Waals surface area contributed by atoms with Crippen LogP contribution in [0.25, 0.3) is 0 Å². The third-order valence-electron chi connectivity index (χ3n) is 5.16. The first-order chi connectivity index (χ1) is 11.2. The van der Waals surface area contributed by atoms with E-state index >= 15 is 0 Å². The molecule has 2 atom stereocenters. The van der Waals surface area contributed by atoms with Crippen LogP contribution in [0.2, 0.25) is 0 Å². The zero-order valence-corrected chi connectivity index (χ0v) is 13.8. The van der Waals surface area contributed by atoms with Crippen LogP contribution in [0.3, 0.4) is 0 Å². The molecule has 1 aliphatic heterocycles. The number of nitrogens with zero attached hydrogens (tertiary/aromatic N) is 1. The van der Waals surface area contributed by atoms with Crippen molar-refractivity contribution in [2.75, 3.05) is 20.2 Å². The van der Waals surface area contributed by atoms with E-state index in [2.05, 4.69) is 4.90 Å². The monoisotopic (exact) mass is 315 g/mol. The molecule has 1 heterocycles. The Hall–Kier alpha value is -1.68. The highest BCUT2D eigenvalue weighted by molar-refractivity contribution is 6.12. The Morgan fingerprint density at radius 3 is 2.39 bits per heavy atom. The standard InChI is InChI=1S/C19H25NO3/c1-23-15-10-8-14(9-11-15)18(21)16-6-5-7-17(19(16)22)20-12-3-2-4-13-20/h8-11,16-17H,2-7,12-13H2,1H3. The van der Waals surface area contributed by atoms with Gasteiger partial charge in [-0.3, -0.25) is 14.5 Å². The van der Waals surface area contributed by atoms with Gasteiger partial charge in [0.2, 0.25) is 0 Å². The lowest BCUT2D eigenvalue weighted by atomic mass is 9.79. The topological polar surface area (TPSA) is 46.6 Å². The van der Waals surface area contributed by atoms with Crippen molar-refractivity contribution in [1.29, 1.82) is 0 Å². The molecular formula is C19H25NO3. The highest BCUT2D eigenvalue weighted by atomic mass is 16.5. The van der Waals surface area contributed by atoms with Crippen LogP contribution in [-0.4, -0.2) is 42.7 Å². The van der Waals surface area contributed by atoms with Crippen molar-refractivity contribution in [3.05, 3.63) is 29.8 Å². The van der Waals surface area contributed by atoms with Crippen molar-refractivity contribution in [3.8, 4) is 5.75 Å². The van der Waals surface area contributed by atoms with Crippen LogP contribution in [0.15, 0.2) is 24.3 Å². The van der Waals surface area contributed by atoms with E-state index in [1.165, 1.54) is 19.3 Å². The van der Waals surface area contributed by atoms with Gasteiger partial charge in [0, 0.05) is 5.56 Å². The van der Waals surface area contributed by atoms with Crippen molar-refractivity contribution in [1.82, 2.24) is 4.90 Å². The second-order valence-electron chi connectivity index (χ2n) is 6.59. The summed E-state index contributed by atoms with van der Waals surface area (Å²) < 4.78 is 5.13. The lowest BCUT2D eigenvalue weighted by Gasteiger charge is -2.37. The number of ether oxygens (including phenoxy) is 1. The van der Waals surface area contributed by atoms with E-state index in [-0.39, 0.29) is 17.6 Å². The average molecular weight is 315 g/mol. The quantitative estimate of drug-likeness (QED) is 0.633. The molecule has 0 spiro atoms. The van der Waals surface area contributed by atoms with Gasteiger partial charge < -0.3 is 4.74 Å². The fourth-order valence-electron chi connectivity index (χ4n) is 3.84. The summed E-state index contributed by atoms with van der Waals surface area (Å²) in [6, 6.07) is 7.04. The number of carbonyl (C=O) groups is 2. The molecule has 3 rings (SSSR count). The maximum Gasteiger partial charge on any atom is 0.173 e. The van der Waals surface area contributed by atoms with Crippen LogP contribution in [-0.2, 0) is 4.79 Å². The molecule has 2 unspecified atom stereocenters. The third-order valence-corrected chi connectivity index (χ3v) is 5.16. The van der Waals surface area contributed by atoms with Crippen molar-refractivity contribution >= 4 is 11.6 Å². The number of carbonyl (C=O) groups excluding carboxylic acids is 2. The van der Waals surface area contributed by atoms with Gasteiger partial charge in [-0.15, -0.1) is 0 Å². The SMILES string of the molecule is COc1ccc(C(=O)C2CCCC(N3CCCCC3)C2=O)cc1. The molecule has 2 fully saturated rings. The van der Waals surface area contributed by atoms with E-state index in [9.17, 15) is 9.59 Å². The minimum absolute atomic E-state index is 0.0284. The van der Waals surface area contributed by atoms with Gasteiger partial charge in [-0.25, -0.2) is 0 Å². The summed E-state index contributed by atoms with van der Waals surface area (Å²) in [5, 5.41) is 0. The smallest absolute Gasteiger partial charge is 0.173 e. The summed E-state index contributed by atoms with van der Waals surface area (Å²) in [7, 11) is 1.60. The fourth-order valence-corrected chi connectivity index (χ4v) is 3.84. The lowest BCUT2D eigenvalue weighted by molar-refractivity contribution is -0.129. The molecule has 1 aromatic rings. The van der Waals surface area contributed by atoms with Crippen LogP contribution in [0.1, 0.15) is 48.9 Å². The Balaban J connectivity index is 1.72. The van der Waals surface area contributed by atoms with Gasteiger partial charge in [0.15, 0.2) is 11.6 Å². The molecule has 23 heavy (non-hydrogen) atoms. The number of Topliss-reactive ketones (excluding diaryl/α,β-unsaturated/α-hetero) is 2. The molecule has 0 aromatic heterocycles. The fraction of sp³-hybridized carbons (Fsp3) is 0.579. The summed E-state index contributed by atoms with van der Waals surface area (Å²) >= 11 is 0. The minimum atomic E-state index is -0.468. The number of benzene rings is 1. The van der Waals surface area contributed by atoms with Crippen LogP contribution >= 0.6 is 0 Å². The molecule has 124 valence electrons. The van der Waals surface area contributed by atoms with Crippen LogP contribution in [0, 0.1) is 5.92 Å². The van der Waals surface area contributed by atoms with Gasteiger partial charge >= 0.3 is 0 Å². The molecule has 1 aliphatic carbocycles. The minimum Gasteiger partial charge on any atom is -0.497 e. The molecule has 1 saturated heterocycles. The number of likely N-dealkylation sites (tertiary alicyclic amines) is 1.